The van der Waals surface area contributed by atoms with Crippen LogP contribution in [0.5, 0.6) is 0 Å². The van der Waals surface area contributed by atoms with Crippen molar-refractivity contribution >= 4 is 16.9 Å². The van der Waals surface area contributed by atoms with Crippen molar-refractivity contribution in [1.29, 1.82) is 0 Å². The van der Waals surface area contributed by atoms with Crippen LogP contribution in [0, 0.1) is 0 Å². The molecule has 24 heavy (non-hydrogen) atoms. The molecule has 1 saturated heterocycles. The largest absolute Gasteiger partial charge is 0.341 e. The number of aromatic amines is 1. The Kier molecular flexibility index (Phi) is 3.96. The zero-order valence-electron chi connectivity index (χ0n) is 13.4. The van der Waals surface area contributed by atoms with Crippen molar-refractivity contribution in [2.45, 2.75) is 6.54 Å². The Hall–Kier alpha value is -2.73. The molecule has 0 aliphatic carbocycles. The van der Waals surface area contributed by atoms with E-state index in [0.29, 0.717) is 5.56 Å². The number of hydrogen-bond donors (Lipinski definition) is 1. The molecule has 122 valence electrons. The summed E-state index contributed by atoms with van der Waals surface area (Å²) in [6, 6.07) is 11.7. The molecule has 0 unspecified atom stereocenters. The Bertz CT molecular complexity index is 804. The fraction of sp³-hybridized carbons (Fsp3) is 0.278. The predicted molar refractivity (Wildman–Crippen MR) is 91.5 cm³/mol. The van der Waals surface area contributed by atoms with Gasteiger partial charge in [0.05, 0.1) is 23.1 Å². The average molecular weight is 321 g/mol. The Balaban J connectivity index is 1.37. The molecule has 0 atom stereocenters. The zero-order valence-corrected chi connectivity index (χ0v) is 13.4. The molecule has 6 nitrogen and oxygen atoms in total. The van der Waals surface area contributed by atoms with Crippen LogP contribution in [0.1, 0.15) is 16.2 Å². The fourth-order valence-electron chi connectivity index (χ4n) is 3.07. The molecule has 1 aliphatic rings. The average Bonchev–Trinajstić information content (AvgIpc) is 3.05. The smallest absolute Gasteiger partial charge is 0.255 e. The Morgan fingerprint density at radius 2 is 1.92 bits per heavy atom. The van der Waals surface area contributed by atoms with Gasteiger partial charge >= 0.3 is 0 Å². The maximum absolute atomic E-state index is 12.4. The van der Waals surface area contributed by atoms with Crippen LogP contribution in [-0.2, 0) is 6.54 Å². The molecule has 1 aromatic carbocycles. The lowest BCUT2D eigenvalue weighted by Crippen LogP contribution is -2.48. The van der Waals surface area contributed by atoms with E-state index in [0.717, 1.165) is 49.6 Å². The van der Waals surface area contributed by atoms with E-state index < -0.39 is 0 Å². The third-order valence-corrected chi connectivity index (χ3v) is 4.38. The number of piperazine rings is 1. The second kappa shape index (κ2) is 6.41. The first-order valence-corrected chi connectivity index (χ1v) is 8.15. The number of hydrogen-bond acceptors (Lipinski definition) is 4. The van der Waals surface area contributed by atoms with Gasteiger partial charge in [-0.2, -0.15) is 0 Å². The van der Waals surface area contributed by atoms with Gasteiger partial charge in [0.2, 0.25) is 0 Å². The summed E-state index contributed by atoms with van der Waals surface area (Å²) in [5, 5.41) is 0. The maximum atomic E-state index is 12.4. The molecule has 3 heterocycles. The van der Waals surface area contributed by atoms with Crippen molar-refractivity contribution in [3.05, 3.63) is 60.2 Å². The monoisotopic (exact) mass is 321 g/mol. The molecule has 1 N–H and O–H groups in total. The number of benzene rings is 1. The highest BCUT2D eigenvalue weighted by Crippen LogP contribution is 2.14. The molecule has 0 bridgehead atoms. The molecule has 1 fully saturated rings. The minimum Gasteiger partial charge on any atom is -0.341 e. The van der Waals surface area contributed by atoms with Crippen LogP contribution in [0.15, 0.2) is 48.8 Å². The summed E-state index contributed by atoms with van der Waals surface area (Å²) in [6.07, 6.45) is 3.31. The summed E-state index contributed by atoms with van der Waals surface area (Å²) < 4.78 is 0. The minimum absolute atomic E-state index is 0.0616. The molecular formula is C18H19N5O. The van der Waals surface area contributed by atoms with Crippen molar-refractivity contribution in [2.75, 3.05) is 26.2 Å². The summed E-state index contributed by atoms with van der Waals surface area (Å²) in [4.78, 5) is 28.7. The van der Waals surface area contributed by atoms with E-state index in [1.165, 1.54) is 0 Å². The fourth-order valence-corrected chi connectivity index (χ4v) is 3.07. The SMILES string of the molecule is O=C(c1cccnc1)N1CCN(Cc2nc3ccccc3[nH]2)CC1. The molecule has 0 saturated carbocycles. The Labute approximate surface area is 140 Å². The Morgan fingerprint density at radius 1 is 1.08 bits per heavy atom. The number of rotatable bonds is 3. The van der Waals surface area contributed by atoms with Crippen LogP contribution in [-0.4, -0.2) is 56.8 Å². The van der Waals surface area contributed by atoms with Gasteiger partial charge in [0.15, 0.2) is 0 Å². The second-order valence-corrected chi connectivity index (χ2v) is 6.01. The van der Waals surface area contributed by atoms with Crippen molar-refractivity contribution in [3.8, 4) is 0 Å². The highest BCUT2D eigenvalue weighted by Gasteiger charge is 2.22. The Morgan fingerprint density at radius 3 is 2.67 bits per heavy atom. The molecule has 4 rings (SSSR count). The molecule has 3 aromatic rings. The lowest BCUT2D eigenvalue weighted by Gasteiger charge is -2.34. The third-order valence-electron chi connectivity index (χ3n) is 4.38. The summed E-state index contributed by atoms with van der Waals surface area (Å²) in [5.74, 6) is 1.04. The molecule has 0 radical (unpaired) electrons. The van der Waals surface area contributed by atoms with Crippen LogP contribution < -0.4 is 0 Å². The number of amides is 1. The second-order valence-electron chi connectivity index (χ2n) is 6.01. The molecule has 2 aromatic heterocycles. The van der Waals surface area contributed by atoms with Gasteiger partial charge < -0.3 is 9.88 Å². The number of carbonyl (C=O) groups excluding carboxylic acids is 1. The van der Waals surface area contributed by atoms with Gasteiger partial charge in [0.1, 0.15) is 5.82 Å². The van der Waals surface area contributed by atoms with Gasteiger partial charge in [0.25, 0.3) is 5.91 Å². The van der Waals surface area contributed by atoms with Gasteiger partial charge in [-0.25, -0.2) is 4.98 Å². The molecule has 0 spiro atoms. The van der Waals surface area contributed by atoms with Crippen LogP contribution in [0.4, 0.5) is 0 Å². The summed E-state index contributed by atoms with van der Waals surface area (Å²) >= 11 is 0. The predicted octanol–water partition coefficient (Wildman–Crippen LogP) is 1.92. The van der Waals surface area contributed by atoms with E-state index in [2.05, 4.69) is 19.9 Å². The number of aromatic nitrogens is 3. The number of pyridine rings is 1. The van der Waals surface area contributed by atoms with Crippen LogP contribution >= 0.6 is 0 Å². The third kappa shape index (κ3) is 3.00. The maximum Gasteiger partial charge on any atom is 0.255 e. The van der Waals surface area contributed by atoms with Crippen molar-refractivity contribution < 1.29 is 4.79 Å². The first-order valence-electron chi connectivity index (χ1n) is 8.15. The lowest BCUT2D eigenvalue weighted by molar-refractivity contribution is 0.0625. The summed E-state index contributed by atoms with van der Waals surface area (Å²) in [6.45, 7) is 3.94. The van der Waals surface area contributed by atoms with E-state index in [-0.39, 0.29) is 5.91 Å². The van der Waals surface area contributed by atoms with Gasteiger partial charge in [-0.3, -0.25) is 14.7 Å². The number of H-pyrrole nitrogens is 1. The minimum atomic E-state index is 0.0616. The number of nitrogens with zero attached hydrogens (tertiary/aromatic N) is 4. The lowest BCUT2D eigenvalue weighted by atomic mass is 10.2. The van der Waals surface area contributed by atoms with Gasteiger partial charge in [-0.05, 0) is 24.3 Å². The number of imidazole rings is 1. The standard InChI is InChI=1S/C18H19N5O/c24-18(14-4-3-7-19-12-14)23-10-8-22(9-11-23)13-17-20-15-5-1-2-6-16(15)21-17/h1-7,12H,8-11,13H2,(H,20,21). The molecule has 1 aliphatic heterocycles. The molecule has 6 heteroatoms. The van der Waals surface area contributed by atoms with Crippen LogP contribution in [0.2, 0.25) is 0 Å². The van der Waals surface area contributed by atoms with E-state index >= 15 is 0 Å². The highest BCUT2D eigenvalue weighted by atomic mass is 16.2. The first kappa shape index (κ1) is 14.8. The van der Waals surface area contributed by atoms with E-state index in [1.54, 1.807) is 18.5 Å². The van der Waals surface area contributed by atoms with E-state index in [4.69, 9.17) is 0 Å². The van der Waals surface area contributed by atoms with Gasteiger partial charge in [-0.1, -0.05) is 12.1 Å². The molecular weight excluding hydrogens is 302 g/mol. The first-order chi connectivity index (χ1) is 11.8. The molecule has 1 amide bonds. The van der Waals surface area contributed by atoms with Gasteiger partial charge in [-0.15, -0.1) is 0 Å². The number of nitrogens with one attached hydrogen (secondary N) is 1. The van der Waals surface area contributed by atoms with Gasteiger partial charge in [0, 0.05) is 38.6 Å². The highest BCUT2D eigenvalue weighted by molar-refractivity contribution is 5.93. The summed E-state index contributed by atoms with van der Waals surface area (Å²) in [5.41, 5.74) is 2.72. The van der Waals surface area contributed by atoms with E-state index in [9.17, 15) is 4.79 Å². The van der Waals surface area contributed by atoms with E-state index in [1.807, 2.05) is 35.2 Å². The van der Waals surface area contributed by atoms with Crippen LogP contribution in [0.3, 0.4) is 0 Å². The quantitative estimate of drug-likeness (QED) is 0.800. The summed E-state index contributed by atoms with van der Waals surface area (Å²) in [7, 11) is 0. The number of carbonyl (C=O) groups is 1. The topological polar surface area (TPSA) is 65.1 Å². The number of fused-ring (bicyclic) bond motifs is 1. The van der Waals surface area contributed by atoms with Crippen LogP contribution in [0.25, 0.3) is 11.0 Å². The normalized spacial score (nSPS) is 15.8. The van der Waals surface area contributed by atoms with Crippen molar-refractivity contribution in [3.63, 3.8) is 0 Å². The number of para-hydroxylation sites is 2. The van der Waals surface area contributed by atoms with Crippen molar-refractivity contribution in [1.82, 2.24) is 24.8 Å². The van der Waals surface area contributed by atoms with Crippen molar-refractivity contribution in [2.24, 2.45) is 0 Å². The zero-order chi connectivity index (χ0) is 16.4.